The molecule has 1 fully saturated rings. The van der Waals surface area contributed by atoms with Gasteiger partial charge in [0.25, 0.3) is 0 Å². The zero-order valence-corrected chi connectivity index (χ0v) is 9.51. The first-order chi connectivity index (χ1) is 8.06. The highest BCUT2D eigenvalue weighted by molar-refractivity contribution is 5.81. The number of Topliss-reactive ketones (excluding diaryl/α,β-unsaturated/α-hetero) is 1. The van der Waals surface area contributed by atoms with Gasteiger partial charge in [0.15, 0.2) is 5.75 Å². The van der Waals surface area contributed by atoms with E-state index in [2.05, 4.69) is 0 Å². The van der Waals surface area contributed by atoms with Crippen LogP contribution in [0.1, 0.15) is 24.8 Å². The third kappa shape index (κ3) is 2.61. The first-order valence-electron chi connectivity index (χ1n) is 5.49. The molecule has 90 valence electrons. The van der Waals surface area contributed by atoms with Crippen LogP contribution in [-0.4, -0.2) is 16.8 Å². The van der Waals surface area contributed by atoms with Crippen LogP contribution in [0.3, 0.4) is 0 Å². The third-order valence-electron chi connectivity index (χ3n) is 2.81. The number of hydrogen-bond acceptors (Lipinski definition) is 4. The van der Waals surface area contributed by atoms with E-state index in [0.717, 1.165) is 5.56 Å². The molecule has 0 bridgehead atoms. The molecule has 0 amide bonds. The fourth-order valence-electron chi connectivity index (χ4n) is 1.93. The number of rotatable bonds is 3. The lowest BCUT2D eigenvalue weighted by atomic mass is 10.2. The van der Waals surface area contributed by atoms with Gasteiger partial charge in [-0.05, 0) is 25.0 Å². The summed E-state index contributed by atoms with van der Waals surface area (Å²) in [7, 11) is 0. The van der Waals surface area contributed by atoms with E-state index in [0.29, 0.717) is 19.3 Å². The summed E-state index contributed by atoms with van der Waals surface area (Å²) in [6.07, 6.45) is 1.28. The summed E-state index contributed by atoms with van der Waals surface area (Å²) < 4.78 is 5.53. The molecule has 0 spiro atoms. The number of carbonyl (C=O) groups is 1. The van der Waals surface area contributed by atoms with Gasteiger partial charge in [0.1, 0.15) is 11.9 Å². The number of nitrogens with zero attached hydrogens (tertiary/aromatic N) is 1. The van der Waals surface area contributed by atoms with E-state index in [9.17, 15) is 14.9 Å². The molecule has 5 heteroatoms. The number of nitro groups is 1. The molecule has 1 atom stereocenters. The summed E-state index contributed by atoms with van der Waals surface area (Å²) >= 11 is 0. The van der Waals surface area contributed by atoms with Gasteiger partial charge >= 0.3 is 5.69 Å². The highest BCUT2D eigenvalue weighted by Crippen LogP contribution is 2.31. The molecule has 0 aromatic heterocycles. The van der Waals surface area contributed by atoms with Crippen molar-refractivity contribution in [2.75, 3.05) is 0 Å². The maximum atomic E-state index is 11.1. The van der Waals surface area contributed by atoms with Crippen molar-refractivity contribution in [2.24, 2.45) is 0 Å². The quantitative estimate of drug-likeness (QED) is 0.595. The van der Waals surface area contributed by atoms with E-state index in [4.69, 9.17) is 4.74 Å². The van der Waals surface area contributed by atoms with Gasteiger partial charge in [0, 0.05) is 18.9 Å². The first kappa shape index (κ1) is 11.6. The van der Waals surface area contributed by atoms with E-state index in [1.807, 2.05) is 0 Å². The highest BCUT2D eigenvalue weighted by Gasteiger charge is 2.26. The number of ketones is 1. The van der Waals surface area contributed by atoms with Crippen molar-refractivity contribution in [1.82, 2.24) is 0 Å². The van der Waals surface area contributed by atoms with Crippen molar-refractivity contribution in [3.8, 4) is 5.75 Å². The average Bonchev–Trinajstić information content (AvgIpc) is 2.66. The molecule has 0 saturated heterocycles. The summed E-state index contributed by atoms with van der Waals surface area (Å²) in [6.45, 7) is 1.79. The van der Waals surface area contributed by atoms with Crippen LogP contribution < -0.4 is 4.74 Å². The second kappa shape index (κ2) is 4.53. The Labute approximate surface area is 98.5 Å². The number of ether oxygens (including phenoxy) is 1. The largest absolute Gasteiger partial charge is 0.483 e. The standard InChI is InChI=1S/C12H13NO4/c1-8-2-5-12(11(6-8)13(15)16)17-10-4-3-9(14)7-10/h2,5-6,10H,3-4,7H2,1H3. The van der Waals surface area contributed by atoms with Crippen molar-refractivity contribution >= 4 is 11.5 Å². The molecule has 0 aliphatic heterocycles. The Kier molecular flexibility index (Phi) is 3.08. The minimum atomic E-state index is -0.459. The predicted octanol–water partition coefficient (Wildman–Crippen LogP) is 2.40. The first-order valence-corrected chi connectivity index (χ1v) is 5.49. The van der Waals surface area contributed by atoms with Crippen molar-refractivity contribution in [3.05, 3.63) is 33.9 Å². The Morgan fingerprint density at radius 3 is 2.82 bits per heavy atom. The number of benzene rings is 1. The van der Waals surface area contributed by atoms with Crippen molar-refractivity contribution in [3.63, 3.8) is 0 Å². The Morgan fingerprint density at radius 2 is 2.24 bits per heavy atom. The molecule has 1 aromatic carbocycles. The minimum Gasteiger partial charge on any atom is -0.483 e. The maximum absolute atomic E-state index is 11.1. The van der Waals surface area contributed by atoms with Crippen LogP contribution in [0.2, 0.25) is 0 Å². The smallest absolute Gasteiger partial charge is 0.311 e. The molecule has 0 radical (unpaired) electrons. The molecule has 1 saturated carbocycles. The van der Waals surface area contributed by atoms with Gasteiger partial charge in [-0.25, -0.2) is 0 Å². The molecule has 1 aliphatic carbocycles. The molecular weight excluding hydrogens is 222 g/mol. The minimum absolute atomic E-state index is 0.0376. The molecule has 0 N–H and O–H groups in total. The molecule has 0 heterocycles. The molecule has 2 rings (SSSR count). The summed E-state index contributed by atoms with van der Waals surface area (Å²) in [5, 5.41) is 10.9. The van der Waals surface area contributed by atoms with Gasteiger partial charge in [-0.1, -0.05) is 6.07 Å². The number of nitro benzene ring substituents is 1. The molecular formula is C12H13NO4. The predicted molar refractivity (Wildman–Crippen MR) is 61.1 cm³/mol. The Hall–Kier alpha value is -1.91. The Morgan fingerprint density at radius 1 is 1.47 bits per heavy atom. The van der Waals surface area contributed by atoms with E-state index < -0.39 is 4.92 Å². The topological polar surface area (TPSA) is 69.4 Å². The van der Waals surface area contributed by atoms with Crippen LogP contribution in [0.4, 0.5) is 5.69 Å². The molecule has 1 aromatic rings. The van der Waals surface area contributed by atoms with Crippen LogP contribution in [-0.2, 0) is 4.79 Å². The molecule has 5 nitrogen and oxygen atoms in total. The van der Waals surface area contributed by atoms with Gasteiger partial charge in [0.05, 0.1) is 4.92 Å². The zero-order valence-electron chi connectivity index (χ0n) is 9.51. The van der Waals surface area contributed by atoms with Crippen LogP contribution in [0.5, 0.6) is 5.75 Å². The van der Waals surface area contributed by atoms with Crippen LogP contribution in [0.15, 0.2) is 18.2 Å². The van der Waals surface area contributed by atoms with Crippen molar-refractivity contribution in [1.29, 1.82) is 0 Å². The van der Waals surface area contributed by atoms with Gasteiger partial charge in [0.2, 0.25) is 0 Å². The lowest BCUT2D eigenvalue weighted by Crippen LogP contribution is -2.13. The van der Waals surface area contributed by atoms with E-state index in [1.54, 1.807) is 19.1 Å². The van der Waals surface area contributed by atoms with E-state index in [1.165, 1.54) is 6.07 Å². The van der Waals surface area contributed by atoms with Gasteiger partial charge < -0.3 is 4.74 Å². The lowest BCUT2D eigenvalue weighted by Gasteiger charge is -2.12. The van der Waals surface area contributed by atoms with E-state index in [-0.39, 0.29) is 23.3 Å². The summed E-state index contributed by atoms with van der Waals surface area (Å²) in [5.74, 6) is 0.407. The van der Waals surface area contributed by atoms with Gasteiger partial charge in [-0.3, -0.25) is 14.9 Å². The monoisotopic (exact) mass is 235 g/mol. The van der Waals surface area contributed by atoms with Crippen molar-refractivity contribution < 1.29 is 14.5 Å². The number of hydrogen-bond donors (Lipinski definition) is 0. The summed E-state index contributed by atoms with van der Waals surface area (Å²) in [4.78, 5) is 21.5. The third-order valence-corrected chi connectivity index (χ3v) is 2.81. The highest BCUT2D eigenvalue weighted by atomic mass is 16.6. The molecule has 1 aliphatic rings. The Balaban J connectivity index is 2.20. The SMILES string of the molecule is Cc1ccc(OC2CCC(=O)C2)c([N+](=O)[O-])c1. The summed E-state index contributed by atoms with van der Waals surface area (Å²) in [6, 6.07) is 4.83. The van der Waals surface area contributed by atoms with Crippen molar-refractivity contribution in [2.45, 2.75) is 32.3 Å². The van der Waals surface area contributed by atoms with Crippen LogP contribution in [0.25, 0.3) is 0 Å². The zero-order chi connectivity index (χ0) is 12.4. The fourth-order valence-corrected chi connectivity index (χ4v) is 1.93. The summed E-state index contributed by atoms with van der Waals surface area (Å²) in [5.41, 5.74) is 0.774. The van der Waals surface area contributed by atoms with E-state index >= 15 is 0 Å². The second-order valence-electron chi connectivity index (χ2n) is 4.25. The van der Waals surface area contributed by atoms with Gasteiger partial charge in [-0.15, -0.1) is 0 Å². The lowest BCUT2D eigenvalue weighted by molar-refractivity contribution is -0.386. The molecule has 17 heavy (non-hydrogen) atoms. The van der Waals surface area contributed by atoms with Crippen LogP contribution >= 0.6 is 0 Å². The van der Waals surface area contributed by atoms with Gasteiger partial charge in [-0.2, -0.15) is 0 Å². The molecule has 1 unspecified atom stereocenters. The van der Waals surface area contributed by atoms with Crippen LogP contribution in [0, 0.1) is 17.0 Å². The maximum Gasteiger partial charge on any atom is 0.311 e. The fraction of sp³-hybridized carbons (Fsp3) is 0.417. The average molecular weight is 235 g/mol. The Bertz CT molecular complexity index is 470. The number of carbonyl (C=O) groups excluding carboxylic acids is 1. The second-order valence-corrected chi connectivity index (χ2v) is 4.25. The number of aryl methyl sites for hydroxylation is 1. The normalized spacial score (nSPS) is 19.4.